The summed E-state index contributed by atoms with van der Waals surface area (Å²) in [6.07, 6.45) is 4.68. The number of carbonyl (C=O) groups excluding carboxylic acids is 1. The summed E-state index contributed by atoms with van der Waals surface area (Å²) in [5.41, 5.74) is 0.205. The molecule has 0 bridgehead atoms. The Labute approximate surface area is 106 Å². The van der Waals surface area contributed by atoms with Crippen LogP contribution >= 0.6 is 0 Å². The van der Waals surface area contributed by atoms with E-state index in [1.807, 2.05) is 0 Å². The molecule has 98 valence electrons. The number of aromatic nitrogens is 1. The van der Waals surface area contributed by atoms with E-state index in [-0.39, 0.29) is 24.1 Å². The van der Waals surface area contributed by atoms with Crippen molar-refractivity contribution in [2.75, 3.05) is 13.2 Å². The first kappa shape index (κ1) is 12.8. The fourth-order valence-corrected chi connectivity index (χ4v) is 2.10. The highest BCUT2D eigenvalue weighted by Gasteiger charge is 2.29. The van der Waals surface area contributed by atoms with Gasteiger partial charge in [-0.05, 0) is 25.3 Å². The van der Waals surface area contributed by atoms with Gasteiger partial charge >= 0.3 is 0 Å². The monoisotopic (exact) mass is 250 g/mol. The first-order chi connectivity index (χ1) is 8.63. The summed E-state index contributed by atoms with van der Waals surface area (Å²) in [4.78, 5) is 25.5. The molecule has 5 heteroatoms. The molecule has 1 aromatic heterocycles. The van der Waals surface area contributed by atoms with Crippen LogP contribution in [0.3, 0.4) is 0 Å². The Bertz CT molecular complexity index is 491. The number of hydrogen-bond donors (Lipinski definition) is 1. The van der Waals surface area contributed by atoms with E-state index in [1.54, 1.807) is 24.2 Å². The number of nitrogens with zero attached hydrogens (tertiary/aromatic N) is 2. The van der Waals surface area contributed by atoms with Crippen LogP contribution in [0.5, 0.6) is 0 Å². The molecule has 0 unspecified atom stereocenters. The Balaban J connectivity index is 2.21. The van der Waals surface area contributed by atoms with E-state index in [0.717, 1.165) is 19.3 Å². The van der Waals surface area contributed by atoms with Gasteiger partial charge in [0.15, 0.2) is 0 Å². The van der Waals surface area contributed by atoms with E-state index >= 15 is 0 Å². The highest BCUT2D eigenvalue weighted by Crippen LogP contribution is 2.25. The molecule has 0 spiro atoms. The number of hydrogen-bond acceptors (Lipinski definition) is 3. The van der Waals surface area contributed by atoms with Gasteiger partial charge in [0.2, 0.25) is 0 Å². The molecular weight excluding hydrogens is 232 g/mol. The lowest BCUT2D eigenvalue weighted by Gasteiger charge is -2.37. The van der Waals surface area contributed by atoms with Gasteiger partial charge in [0.1, 0.15) is 0 Å². The van der Waals surface area contributed by atoms with Crippen LogP contribution in [0.4, 0.5) is 0 Å². The van der Waals surface area contributed by atoms with Crippen molar-refractivity contribution in [1.82, 2.24) is 9.47 Å². The maximum atomic E-state index is 12.3. The number of rotatable bonds is 4. The van der Waals surface area contributed by atoms with Gasteiger partial charge in [0.05, 0.1) is 6.61 Å². The van der Waals surface area contributed by atoms with Gasteiger partial charge in [-0.15, -0.1) is 0 Å². The fourth-order valence-electron chi connectivity index (χ4n) is 2.10. The zero-order valence-corrected chi connectivity index (χ0v) is 10.5. The third-order valence-electron chi connectivity index (χ3n) is 3.47. The van der Waals surface area contributed by atoms with Crippen molar-refractivity contribution in [3.05, 3.63) is 34.2 Å². The third kappa shape index (κ3) is 2.46. The van der Waals surface area contributed by atoms with E-state index in [4.69, 9.17) is 5.11 Å². The number of amides is 1. The van der Waals surface area contributed by atoms with E-state index in [1.165, 1.54) is 10.6 Å². The Morgan fingerprint density at radius 3 is 2.78 bits per heavy atom. The summed E-state index contributed by atoms with van der Waals surface area (Å²) in [6, 6.07) is 3.21. The van der Waals surface area contributed by atoms with Crippen LogP contribution in [-0.4, -0.2) is 39.7 Å². The largest absolute Gasteiger partial charge is 0.395 e. The summed E-state index contributed by atoms with van der Waals surface area (Å²) in [5.74, 6) is -0.161. The minimum atomic E-state index is -0.196. The van der Waals surface area contributed by atoms with Crippen molar-refractivity contribution in [3.8, 4) is 0 Å². The summed E-state index contributed by atoms with van der Waals surface area (Å²) >= 11 is 0. The van der Waals surface area contributed by atoms with Gasteiger partial charge in [0, 0.05) is 37.5 Å². The van der Waals surface area contributed by atoms with Crippen molar-refractivity contribution in [3.63, 3.8) is 0 Å². The average molecular weight is 250 g/mol. The molecule has 0 aliphatic heterocycles. The van der Waals surface area contributed by atoms with Crippen molar-refractivity contribution >= 4 is 5.91 Å². The van der Waals surface area contributed by atoms with Crippen molar-refractivity contribution in [2.45, 2.75) is 25.3 Å². The molecule has 1 aromatic rings. The average Bonchev–Trinajstić information content (AvgIpc) is 2.29. The Hall–Kier alpha value is -1.62. The fraction of sp³-hybridized carbons (Fsp3) is 0.538. The van der Waals surface area contributed by atoms with Gasteiger partial charge in [-0.3, -0.25) is 9.59 Å². The van der Waals surface area contributed by atoms with E-state index < -0.39 is 0 Å². The molecule has 0 radical (unpaired) electrons. The van der Waals surface area contributed by atoms with Gasteiger partial charge in [-0.1, -0.05) is 0 Å². The second kappa shape index (κ2) is 5.35. The molecule has 1 amide bonds. The SMILES string of the molecule is Cn1ccc(C(=O)N(CCO)C2CCC2)cc1=O. The van der Waals surface area contributed by atoms with Crippen LogP contribution in [-0.2, 0) is 7.05 Å². The first-order valence-electron chi connectivity index (χ1n) is 6.22. The van der Waals surface area contributed by atoms with Crippen molar-refractivity contribution in [2.24, 2.45) is 7.05 Å². The zero-order chi connectivity index (χ0) is 13.1. The van der Waals surface area contributed by atoms with Crippen LogP contribution in [0.15, 0.2) is 23.1 Å². The second-order valence-electron chi connectivity index (χ2n) is 4.67. The Morgan fingerprint density at radius 1 is 1.56 bits per heavy atom. The standard InChI is InChI=1S/C13H18N2O3/c1-14-6-5-10(9-12(14)17)13(18)15(7-8-16)11-3-2-4-11/h5-6,9,11,16H,2-4,7-8H2,1H3. The van der Waals surface area contributed by atoms with Crippen LogP contribution in [0, 0.1) is 0 Å². The predicted molar refractivity (Wildman–Crippen MR) is 67.4 cm³/mol. The van der Waals surface area contributed by atoms with Gasteiger partial charge in [-0.25, -0.2) is 0 Å². The van der Waals surface area contributed by atoms with Gasteiger partial charge in [-0.2, -0.15) is 0 Å². The topological polar surface area (TPSA) is 62.5 Å². The van der Waals surface area contributed by atoms with E-state index in [9.17, 15) is 9.59 Å². The quantitative estimate of drug-likeness (QED) is 0.840. The van der Waals surface area contributed by atoms with E-state index in [2.05, 4.69) is 0 Å². The van der Waals surface area contributed by atoms with Crippen LogP contribution in [0.25, 0.3) is 0 Å². The van der Waals surface area contributed by atoms with Gasteiger partial charge in [0.25, 0.3) is 11.5 Å². The zero-order valence-electron chi connectivity index (χ0n) is 10.5. The first-order valence-corrected chi connectivity index (χ1v) is 6.22. The Kier molecular flexibility index (Phi) is 3.81. The molecule has 5 nitrogen and oxygen atoms in total. The summed E-state index contributed by atoms with van der Waals surface area (Å²) < 4.78 is 1.43. The number of carbonyl (C=O) groups is 1. The smallest absolute Gasteiger partial charge is 0.254 e. The molecule has 0 atom stereocenters. The molecule has 1 fully saturated rings. The molecule has 1 saturated carbocycles. The molecule has 18 heavy (non-hydrogen) atoms. The van der Waals surface area contributed by atoms with Crippen molar-refractivity contribution < 1.29 is 9.90 Å². The maximum Gasteiger partial charge on any atom is 0.254 e. The lowest BCUT2D eigenvalue weighted by atomic mass is 9.91. The normalized spacial score (nSPS) is 15.2. The molecule has 1 heterocycles. The van der Waals surface area contributed by atoms with Crippen LogP contribution < -0.4 is 5.56 Å². The number of aliphatic hydroxyl groups excluding tert-OH is 1. The lowest BCUT2D eigenvalue weighted by Crippen LogP contribution is -2.45. The van der Waals surface area contributed by atoms with Gasteiger partial charge < -0.3 is 14.6 Å². The van der Waals surface area contributed by atoms with Crippen molar-refractivity contribution in [1.29, 1.82) is 0 Å². The van der Waals surface area contributed by atoms with Crippen LogP contribution in [0.1, 0.15) is 29.6 Å². The summed E-state index contributed by atoms with van der Waals surface area (Å²) in [5, 5.41) is 9.04. The summed E-state index contributed by atoms with van der Waals surface area (Å²) in [7, 11) is 1.65. The maximum absolute atomic E-state index is 12.3. The molecule has 0 aromatic carbocycles. The number of aryl methyl sites for hydroxylation is 1. The molecule has 1 aliphatic carbocycles. The molecule has 1 aliphatic rings. The predicted octanol–water partition coefficient (Wildman–Crippen LogP) is 0.372. The second-order valence-corrected chi connectivity index (χ2v) is 4.67. The highest BCUT2D eigenvalue weighted by atomic mass is 16.3. The molecule has 1 N–H and O–H groups in total. The molecule has 2 rings (SSSR count). The minimum absolute atomic E-state index is 0.0485. The minimum Gasteiger partial charge on any atom is -0.395 e. The highest BCUT2D eigenvalue weighted by molar-refractivity contribution is 5.94. The van der Waals surface area contributed by atoms with E-state index in [0.29, 0.717) is 12.1 Å². The third-order valence-corrected chi connectivity index (χ3v) is 3.47. The Morgan fingerprint density at radius 2 is 2.28 bits per heavy atom. The molecular formula is C13H18N2O3. The lowest BCUT2D eigenvalue weighted by molar-refractivity contribution is 0.0525. The molecule has 0 saturated heterocycles. The summed E-state index contributed by atoms with van der Waals surface area (Å²) in [6.45, 7) is 0.284. The number of pyridine rings is 1. The van der Waals surface area contributed by atoms with Crippen LogP contribution in [0.2, 0.25) is 0 Å². The number of aliphatic hydroxyl groups is 1.